The van der Waals surface area contributed by atoms with Crippen LogP contribution in [0.25, 0.3) is 0 Å². The maximum Gasteiger partial charge on any atom is 0.233 e. The van der Waals surface area contributed by atoms with Crippen LogP contribution < -0.4 is 0 Å². The number of aliphatic hydroxyl groups is 1. The quantitative estimate of drug-likeness (QED) is 0.774. The van der Waals surface area contributed by atoms with E-state index in [4.69, 9.17) is 0 Å². The molecule has 0 aliphatic rings. The molecule has 0 saturated carbocycles. The standard InChI is InChI=1S/C13H24N4O2S/c1-6-16(8-13(4,5)19)11(18)7-20-12-15-14-9-17(12)10(2)3/h9-10,19H,6-8H2,1-5H3. The molecule has 1 rings (SSSR count). The molecule has 6 nitrogen and oxygen atoms in total. The minimum Gasteiger partial charge on any atom is -0.389 e. The third-order valence-corrected chi connectivity index (χ3v) is 3.68. The summed E-state index contributed by atoms with van der Waals surface area (Å²) >= 11 is 1.38. The van der Waals surface area contributed by atoms with Crippen molar-refractivity contribution >= 4 is 17.7 Å². The Morgan fingerprint density at radius 1 is 1.55 bits per heavy atom. The van der Waals surface area contributed by atoms with Gasteiger partial charge in [-0.25, -0.2) is 0 Å². The highest BCUT2D eigenvalue weighted by Gasteiger charge is 2.21. The number of aromatic nitrogens is 3. The van der Waals surface area contributed by atoms with E-state index in [2.05, 4.69) is 10.2 Å². The summed E-state index contributed by atoms with van der Waals surface area (Å²) in [5.74, 6) is 0.299. The second kappa shape index (κ2) is 7.08. The number of likely N-dealkylation sites (N-methyl/N-ethyl adjacent to an activating group) is 1. The lowest BCUT2D eigenvalue weighted by Gasteiger charge is -2.28. The van der Waals surface area contributed by atoms with Crippen LogP contribution in [-0.2, 0) is 4.79 Å². The molecule has 0 atom stereocenters. The number of carbonyl (C=O) groups is 1. The Morgan fingerprint density at radius 3 is 2.70 bits per heavy atom. The summed E-state index contributed by atoms with van der Waals surface area (Å²) in [5, 5.41) is 18.5. The molecular formula is C13H24N4O2S. The van der Waals surface area contributed by atoms with E-state index in [1.165, 1.54) is 11.8 Å². The fourth-order valence-corrected chi connectivity index (χ4v) is 2.70. The summed E-state index contributed by atoms with van der Waals surface area (Å²) < 4.78 is 1.93. The molecule has 1 aromatic rings. The lowest BCUT2D eigenvalue weighted by atomic mass is 10.1. The fourth-order valence-electron chi connectivity index (χ4n) is 1.75. The van der Waals surface area contributed by atoms with Crippen molar-refractivity contribution in [1.82, 2.24) is 19.7 Å². The summed E-state index contributed by atoms with van der Waals surface area (Å²) in [4.78, 5) is 13.8. The van der Waals surface area contributed by atoms with Gasteiger partial charge in [-0.3, -0.25) is 4.79 Å². The van der Waals surface area contributed by atoms with Crippen molar-refractivity contribution in [1.29, 1.82) is 0 Å². The first-order valence-corrected chi connectivity index (χ1v) is 7.75. The van der Waals surface area contributed by atoms with Gasteiger partial charge < -0.3 is 14.6 Å². The van der Waals surface area contributed by atoms with E-state index in [9.17, 15) is 9.90 Å². The number of hydrogen-bond acceptors (Lipinski definition) is 5. The van der Waals surface area contributed by atoms with Gasteiger partial charge in [0.2, 0.25) is 5.91 Å². The van der Waals surface area contributed by atoms with Crippen molar-refractivity contribution in [2.24, 2.45) is 0 Å². The van der Waals surface area contributed by atoms with Crippen molar-refractivity contribution in [2.75, 3.05) is 18.8 Å². The molecule has 0 fully saturated rings. The van der Waals surface area contributed by atoms with Gasteiger partial charge in [-0.15, -0.1) is 10.2 Å². The zero-order chi connectivity index (χ0) is 15.3. The topological polar surface area (TPSA) is 71.2 Å². The van der Waals surface area contributed by atoms with Crippen molar-refractivity contribution in [3.05, 3.63) is 6.33 Å². The molecule has 0 unspecified atom stereocenters. The van der Waals surface area contributed by atoms with Crippen LogP contribution in [0.3, 0.4) is 0 Å². The Hall–Kier alpha value is -1.08. The molecule has 0 aliphatic heterocycles. The summed E-state index contributed by atoms with van der Waals surface area (Å²) in [5.41, 5.74) is -0.881. The van der Waals surface area contributed by atoms with E-state index in [0.717, 1.165) is 5.16 Å². The van der Waals surface area contributed by atoms with Crippen LogP contribution in [0.15, 0.2) is 11.5 Å². The highest BCUT2D eigenvalue weighted by atomic mass is 32.2. The normalized spacial score (nSPS) is 11.9. The number of hydrogen-bond donors (Lipinski definition) is 1. The zero-order valence-electron chi connectivity index (χ0n) is 12.8. The molecular weight excluding hydrogens is 276 g/mol. The summed E-state index contributed by atoms with van der Waals surface area (Å²) in [6.07, 6.45) is 1.67. The fraction of sp³-hybridized carbons (Fsp3) is 0.769. The second-order valence-corrected chi connectivity index (χ2v) is 6.57. The van der Waals surface area contributed by atoms with Gasteiger partial charge in [0.15, 0.2) is 5.16 Å². The Bertz CT molecular complexity index is 440. The molecule has 1 aromatic heterocycles. The number of amides is 1. The maximum absolute atomic E-state index is 12.2. The minimum absolute atomic E-state index is 0.00192. The van der Waals surface area contributed by atoms with Crippen LogP contribution in [0.4, 0.5) is 0 Å². The highest BCUT2D eigenvalue weighted by Crippen LogP contribution is 2.19. The average molecular weight is 300 g/mol. The number of nitrogens with zero attached hydrogens (tertiary/aromatic N) is 4. The van der Waals surface area contributed by atoms with Gasteiger partial charge in [0.25, 0.3) is 0 Å². The van der Waals surface area contributed by atoms with Crippen molar-refractivity contribution in [3.63, 3.8) is 0 Å². The predicted octanol–water partition coefficient (Wildman–Crippen LogP) is 1.57. The molecule has 0 bridgehead atoms. The van der Waals surface area contributed by atoms with Crippen LogP contribution >= 0.6 is 11.8 Å². The average Bonchev–Trinajstić information content (AvgIpc) is 2.80. The molecule has 114 valence electrons. The minimum atomic E-state index is -0.881. The van der Waals surface area contributed by atoms with Gasteiger partial charge in [0, 0.05) is 19.1 Å². The Kier molecular flexibility index (Phi) is 6.01. The molecule has 0 spiro atoms. The first kappa shape index (κ1) is 17.0. The molecule has 0 aromatic carbocycles. The zero-order valence-corrected chi connectivity index (χ0v) is 13.6. The van der Waals surface area contributed by atoms with Crippen LogP contribution in [0, 0.1) is 0 Å². The largest absolute Gasteiger partial charge is 0.389 e. The lowest BCUT2D eigenvalue weighted by Crippen LogP contribution is -2.42. The first-order valence-electron chi connectivity index (χ1n) is 6.77. The van der Waals surface area contributed by atoms with Crippen molar-refractivity contribution in [3.8, 4) is 0 Å². The second-order valence-electron chi connectivity index (χ2n) is 5.62. The number of thioether (sulfide) groups is 1. The van der Waals surface area contributed by atoms with Gasteiger partial charge in [0.05, 0.1) is 11.4 Å². The van der Waals surface area contributed by atoms with Crippen LogP contribution in [0.5, 0.6) is 0 Å². The van der Waals surface area contributed by atoms with Crippen LogP contribution in [-0.4, -0.2) is 55.1 Å². The van der Waals surface area contributed by atoms with E-state index in [-0.39, 0.29) is 11.9 Å². The molecule has 7 heteroatoms. The first-order chi connectivity index (χ1) is 9.24. The Morgan fingerprint density at radius 2 is 2.20 bits per heavy atom. The molecule has 0 saturated heterocycles. The van der Waals surface area contributed by atoms with Crippen molar-refractivity contribution < 1.29 is 9.90 Å². The number of carbonyl (C=O) groups excluding carboxylic acids is 1. The molecule has 1 amide bonds. The van der Waals surface area contributed by atoms with Gasteiger partial charge in [0.1, 0.15) is 6.33 Å². The number of rotatable bonds is 7. The summed E-state index contributed by atoms with van der Waals surface area (Å²) in [6, 6.07) is 0.265. The van der Waals surface area contributed by atoms with E-state index in [0.29, 0.717) is 18.8 Å². The van der Waals surface area contributed by atoms with Crippen LogP contribution in [0.2, 0.25) is 0 Å². The van der Waals surface area contributed by atoms with Gasteiger partial charge in [-0.1, -0.05) is 11.8 Å². The van der Waals surface area contributed by atoms with Gasteiger partial charge >= 0.3 is 0 Å². The molecule has 1 N–H and O–H groups in total. The SMILES string of the molecule is CCN(CC(C)(C)O)C(=O)CSc1nncn1C(C)C. The molecule has 0 radical (unpaired) electrons. The third kappa shape index (κ3) is 5.13. The van der Waals surface area contributed by atoms with Crippen LogP contribution in [0.1, 0.15) is 40.7 Å². The monoisotopic (exact) mass is 300 g/mol. The van der Waals surface area contributed by atoms with E-state index in [1.807, 2.05) is 25.3 Å². The Balaban J connectivity index is 2.59. The highest BCUT2D eigenvalue weighted by molar-refractivity contribution is 7.99. The van der Waals surface area contributed by atoms with Gasteiger partial charge in [-0.05, 0) is 34.6 Å². The van der Waals surface area contributed by atoms with E-state index in [1.54, 1.807) is 25.1 Å². The Labute approximate surface area is 124 Å². The van der Waals surface area contributed by atoms with E-state index < -0.39 is 5.60 Å². The molecule has 0 aliphatic carbocycles. The molecule has 1 heterocycles. The predicted molar refractivity (Wildman–Crippen MR) is 79.7 cm³/mol. The van der Waals surface area contributed by atoms with E-state index >= 15 is 0 Å². The summed E-state index contributed by atoms with van der Waals surface area (Å²) in [6.45, 7) is 10.3. The molecule has 20 heavy (non-hydrogen) atoms. The summed E-state index contributed by atoms with van der Waals surface area (Å²) in [7, 11) is 0. The maximum atomic E-state index is 12.2. The lowest BCUT2D eigenvalue weighted by molar-refractivity contribution is -0.131. The third-order valence-electron chi connectivity index (χ3n) is 2.73. The van der Waals surface area contributed by atoms with Crippen molar-refractivity contribution in [2.45, 2.75) is 51.4 Å². The van der Waals surface area contributed by atoms with Gasteiger partial charge in [-0.2, -0.15) is 0 Å². The smallest absolute Gasteiger partial charge is 0.233 e.